The van der Waals surface area contributed by atoms with Gasteiger partial charge >= 0.3 is 5.97 Å². The number of aromatic nitrogens is 4. The van der Waals surface area contributed by atoms with Crippen molar-refractivity contribution in [3.05, 3.63) is 18.9 Å². The summed E-state index contributed by atoms with van der Waals surface area (Å²) in [7, 11) is 0. The molecule has 2 rings (SSSR count). The minimum absolute atomic E-state index is 0. The van der Waals surface area contributed by atoms with E-state index in [-0.39, 0.29) is 39.3 Å². The molecule has 7 heteroatoms. The Balaban J connectivity index is 0.000000980. The van der Waals surface area contributed by atoms with Crippen LogP contribution in [0.25, 0.3) is 11.2 Å². The number of hydrogen-bond acceptors (Lipinski definition) is 4. The second-order valence-corrected chi connectivity index (χ2v) is 2.42. The third-order valence-corrected chi connectivity index (χ3v) is 1.52. The zero-order valence-electron chi connectivity index (χ0n) is 7.08. The average Bonchev–Trinajstić information content (AvgIpc) is 2.48. The average molecular weight is 266 g/mol. The van der Waals surface area contributed by atoms with Crippen LogP contribution in [0.5, 0.6) is 0 Å². The van der Waals surface area contributed by atoms with Crippen LogP contribution in [0.15, 0.2) is 12.7 Å². The van der Waals surface area contributed by atoms with Crippen molar-refractivity contribution in [1.29, 1.82) is 0 Å². The number of hydrogen-bond donors (Lipinski definition) is 1. The third kappa shape index (κ3) is 2.13. The maximum absolute atomic E-state index is 10.4. The van der Waals surface area contributed by atoms with E-state index < -0.39 is 5.97 Å². The number of imidazole rings is 1. The Kier molecular flexibility index (Phi) is 3.65. The van der Waals surface area contributed by atoms with E-state index in [1.807, 2.05) is 0 Å². The quantitative estimate of drug-likeness (QED) is 0.755. The van der Waals surface area contributed by atoms with Crippen molar-refractivity contribution in [3.8, 4) is 0 Å². The van der Waals surface area contributed by atoms with E-state index in [4.69, 9.17) is 5.11 Å². The molecule has 2 aromatic rings. The predicted octanol–water partition coefficient (Wildman–Crippen LogP) is -0.291. The fourth-order valence-corrected chi connectivity index (χ4v) is 1.03. The molecular weight excluding hydrogens is 261 g/mol. The summed E-state index contributed by atoms with van der Waals surface area (Å²) in [6.45, 7) is -0.151. The van der Waals surface area contributed by atoms with Crippen molar-refractivity contribution in [2.75, 3.05) is 0 Å². The number of carbonyl (C=O) groups is 1. The maximum atomic E-state index is 10.4. The Morgan fingerprint density at radius 3 is 3.07 bits per heavy atom. The number of aliphatic carboxylic acids is 1. The van der Waals surface area contributed by atoms with Crippen LogP contribution in [-0.4, -0.2) is 30.6 Å². The van der Waals surface area contributed by atoms with E-state index in [0.717, 1.165) is 0 Å². The topological polar surface area (TPSA) is 80.9 Å². The van der Waals surface area contributed by atoms with Gasteiger partial charge in [0.1, 0.15) is 6.54 Å². The monoisotopic (exact) mass is 266 g/mol. The Hall–Kier alpha value is -0.876. The molecule has 0 saturated heterocycles. The van der Waals surface area contributed by atoms with Crippen molar-refractivity contribution in [2.24, 2.45) is 0 Å². The predicted molar refractivity (Wildman–Crippen MR) is 41.8 cm³/mol. The van der Waals surface area contributed by atoms with Gasteiger partial charge in [-0.2, -0.15) is 0 Å². The van der Waals surface area contributed by atoms with Crippen LogP contribution in [0, 0.1) is 6.20 Å². The van der Waals surface area contributed by atoms with Crippen LogP contribution in [0.1, 0.15) is 0 Å². The van der Waals surface area contributed by atoms with Crippen LogP contribution >= 0.6 is 0 Å². The van der Waals surface area contributed by atoms with Gasteiger partial charge in [-0.15, -0.1) is 0 Å². The van der Waals surface area contributed by atoms with Crippen molar-refractivity contribution in [2.45, 2.75) is 6.54 Å². The van der Waals surface area contributed by atoms with Crippen LogP contribution in [-0.2, 0) is 44.0 Å². The zero-order chi connectivity index (χ0) is 9.26. The molecule has 0 fully saturated rings. The van der Waals surface area contributed by atoms with Crippen molar-refractivity contribution in [1.82, 2.24) is 19.5 Å². The first-order chi connectivity index (χ1) is 6.27. The van der Waals surface area contributed by atoms with Gasteiger partial charge in [0.15, 0.2) is 0 Å². The molecule has 0 spiro atoms. The summed E-state index contributed by atoms with van der Waals surface area (Å²) < 4.78 is 1.43. The first-order valence-electron chi connectivity index (χ1n) is 3.52. The van der Waals surface area contributed by atoms with E-state index in [2.05, 4.69) is 21.1 Å². The van der Waals surface area contributed by atoms with Gasteiger partial charge in [0.05, 0.1) is 6.33 Å². The van der Waals surface area contributed by atoms with Gasteiger partial charge in [0.2, 0.25) is 0 Å². The molecule has 1 N–H and O–H groups in total. The fourth-order valence-electron chi connectivity index (χ4n) is 1.03. The number of rotatable bonds is 2. The minimum atomic E-state index is -0.932. The summed E-state index contributed by atoms with van der Waals surface area (Å²) in [4.78, 5) is 21.8. The number of fused-ring (bicyclic) bond motifs is 1. The Morgan fingerprint density at radius 1 is 1.57 bits per heavy atom. The molecule has 0 aliphatic rings. The molecule has 0 aliphatic carbocycles. The van der Waals surface area contributed by atoms with Gasteiger partial charge in [0, 0.05) is 50.2 Å². The number of carboxylic acids is 1. The fraction of sp³-hybridized carbons (Fsp3) is 0.143. The second-order valence-electron chi connectivity index (χ2n) is 2.42. The normalized spacial score (nSPS) is 9.71. The van der Waals surface area contributed by atoms with Crippen LogP contribution < -0.4 is 0 Å². The van der Waals surface area contributed by atoms with E-state index in [1.54, 1.807) is 0 Å². The second kappa shape index (κ2) is 4.57. The molecule has 0 aliphatic heterocycles. The van der Waals surface area contributed by atoms with Crippen molar-refractivity contribution >= 4 is 17.1 Å². The third-order valence-electron chi connectivity index (χ3n) is 1.52. The molecule has 0 unspecified atom stereocenters. The summed E-state index contributed by atoms with van der Waals surface area (Å²) in [5.41, 5.74) is 0.959. The van der Waals surface area contributed by atoms with Gasteiger partial charge in [-0.25, -0.2) is 0 Å². The van der Waals surface area contributed by atoms with E-state index in [9.17, 15) is 4.79 Å². The van der Waals surface area contributed by atoms with Crippen molar-refractivity contribution in [3.63, 3.8) is 0 Å². The van der Waals surface area contributed by atoms with Crippen LogP contribution in [0.3, 0.4) is 0 Å². The van der Waals surface area contributed by atoms with Crippen molar-refractivity contribution < 1.29 is 42.6 Å². The van der Waals surface area contributed by atoms with Gasteiger partial charge in [-0.1, -0.05) is 0 Å². The van der Waals surface area contributed by atoms with Gasteiger partial charge < -0.3 is 19.6 Å². The molecule has 0 saturated carbocycles. The summed E-state index contributed by atoms with van der Waals surface area (Å²) in [6.07, 6.45) is 5.32. The largest absolute Gasteiger partial charge is 0.480 e. The molecule has 0 atom stereocenters. The Morgan fingerprint density at radius 2 is 2.36 bits per heavy atom. The molecule has 6 nitrogen and oxygen atoms in total. The molecule has 0 bridgehead atoms. The standard InChI is InChI=1S/C7H5N4O2.Y/c12-6(13)2-11-4-10-5-1-8-3-9-7(5)11;/h3-4H,2H2,(H,12,13);/q-1;. The molecule has 2 heterocycles. The first kappa shape index (κ1) is 11.2. The smallest absolute Gasteiger partial charge is 0.322 e. The van der Waals surface area contributed by atoms with E-state index >= 15 is 0 Å². The molecule has 0 amide bonds. The van der Waals surface area contributed by atoms with E-state index in [1.165, 1.54) is 17.2 Å². The maximum Gasteiger partial charge on any atom is 0.322 e. The molecule has 14 heavy (non-hydrogen) atoms. The van der Waals surface area contributed by atoms with Crippen LogP contribution in [0.4, 0.5) is 0 Å². The number of carboxylic acid groups (broad SMARTS) is 1. The minimum Gasteiger partial charge on any atom is -0.480 e. The zero-order valence-corrected chi connectivity index (χ0v) is 9.92. The molecule has 0 aromatic carbocycles. The molecular formula is C7H5N4O2Y-. The molecule has 2 aromatic heterocycles. The van der Waals surface area contributed by atoms with Gasteiger partial charge in [-0.3, -0.25) is 9.78 Å². The number of nitrogens with zero attached hydrogens (tertiary/aromatic N) is 4. The Labute approximate surface area is 104 Å². The summed E-state index contributed by atoms with van der Waals surface area (Å²) in [5, 5.41) is 8.54. The molecule has 69 valence electrons. The first-order valence-corrected chi connectivity index (χ1v) is 3.52. The summed E-state index contributed by atoms with van der Waals surface area (Å²) in [6, 6.07) is 0. The SMILES string of the molecule is O=C(O)Cn1cnc2[c-]ncnc21.[Y]. The summed E-state index contributed by atoms with van der Waals surface area (Å²) in [5.74, 6) is -0.932. The van der Waals surface area contributed by atoms with Crippen LogP contribution in [0.2, 0.25) is 0 Å². The van der Waals surface area contributed by atoms with Gasteiger partial charge in [0.25, 0.3) is 0 Å². The van der Waals surface area contributed by atoms with Gasteiger partial charge in [-0.05, 0) is 6.20 Å². The Bertz CT molecular complexity index is 456. The molecule has 1 radical (unpaired) electrons. The summed E-state index contributed by atoms with van der Waals surface area (Å²) >= 11 is 0. The van der Waals surface area contributed by atoms with E-state index in [0.29, 0.717) is 11.2 Å².